The number of piperidine rings is 1. The third-order valence-corrected chi connectivity index (χ3v) is 5.06. The topological polar surface area (TPSA) is 84.4 Å². The number of pyridine rings is 1. The molecule has 1 aliphatic rings. The van der Waals surface area contributed by atoms with Crippen LogP contribution < -0.4 is 5.32 Å². The number of likely N-dealkylation sites (tertiary alicyclic amines) is 1. The number of carbonyl (C=O) groups is 2. The van der Waals surface area contributed by atoms with E-state index in [4.69, 9.17) is 4.74 Å². The normalized spacial score (nSPS) is 14.9. The minimum absolute atomic E-state index is 0.0435. The zero-order chi connectivity index (χ0) is 18.4. The zero-order valence-electron chi connectivity index (χ0n) is 14.7. The second-order valence-corrected chi connectivity index (χ2v) is 6.93. The van der Waals surface area contributed by atoms with E-state index in [2.05, 4.69) is 15.3 Å². The van der Waals surface area contributed by atoms with Crippen molar-refractivity contribution in [1.29, 1.82) is 0 Å². The van der Waals surface area contributed by atoms with Gasteiger partial charge in [-0.3, -0.25) is 9.59 Å². The van der Waals surface area contributed by atoms with Crippen LogP contribution in [0.2, 0.25) is 0 Å². The number of amides is 1. The van der Waals surface area contributed by atoms with Gasteiger partial charge in [-0.1, -0.05) is 6.07 Å². The lowest BCUT2D eigenvalue weighted by Gasteiger charge is -2.30. The average molecular weight is 374 g/mol. The van der Waals surface area contributed by atoms with Gasteiger partial charge in [0, 0.05) is 24.7 Å². The summed E-state index contributed by atoms with van der Waals surface area (Å²) >= 11 is 1.45. The van der Waals surface area contributed by atoms with Crippen LogP contribution in [0.4, 0.5) is 10.9 Å². The molecule has 1 amide bonds. The van der Waals surface area contributed by atoms with E-state index in [9.17, 15) is 9.59 Å². The Balaban J connectivity index is 1.49. The van der Waals surface area contributed by atoms with Crippen LogP contribution in [0.3, 0.4) is 0 Å². The third-order valence-electron chi connectivity index (χ3n) is 4.25. The minimum atomic E-state index is -0.149. The number of anilines is 2. The lowest BCUT2D eigenvalue weighted by atomic mass is 9.97. The van der Waals surface area contributed by atoms with Crippen LogP contribution in [0.25, 0.3) is 0 Å². The number of thiazole rings is 1. The summed E-state index contributed by atoms with van der Waals surface area (Å²) in [5.41, 5.74) is 0.742. The highest BCUT2D eigenvalue weighted by molar-refractivity contribution is 7.13. The summed E-state index contributed by atoms with van der Waals surface area (Å²) in [5, 5.41) is 5.73. The Bertz CT molecular complexity index is 742. The number of carbonyl (C=O) groups excluding carboxylic acids is 2. The molecule has 0 saturated carbocycles. The van der Waals surface area contributed by atoms with Gasteiger partial charge in [0.05, 0.1) is 24.6 Å². The summed E-state index contributed by atoms with van der Waals surface area (Å²) in [4.78, 5) is 34.7. The molecule has 0 radical (unpaired) electrons. The highest BCUT2D eigenvalue weighted by Gasteiger charge is 2.28. The van der Waals surface area contributed by atoms with Crippen LogP contribution in [0.5, 0.6) is 0 Å². The second-order valence-electron chi connectivity index (χ2n) is 6.07. The number of hydrogen-bond donors (Lipinski definition) is 1. The smallest absolute Gasteiger partial charge is 0.309 e. The van der Waals surface area contributed by atoms with Gasteiger partial charge in [-0.25, -0.2) is 9.97 Å². The summed E-state index contributed by atoms with van der Waals surface area (Å²) in [5.74, 6) is 0.527. The largest absolute Gasteiger partial charge is 0.466 e. The quantitative estimate of drug-likeness (QED) is 0.783. The average Bonchev–Trinajstić information content (AvgIpc) is 3.09. The van der Waals surface area contributed by atoms with Gasteiger partial charge in [0.15, 0.2) is 5.13 Å². The van der Waals surface area contributed by atoms with Gasteiger partial charge >= 0.3 is 5.97 Å². The molecule has 138 valence electrons. The van der Waals surface area contributed by atoms with Crippen LogP contribution in [0.15, 0.2) is 29.8 Å². The lowest BCUT2D eigenvalue weighted by Crippen LogP contribution is -2.41. The van der Waals surface area contributed by atoms with Crippen molar-refractivity contribution < 1.29 is 14.3 Å². The monoisotopic (exact) mass is 374 g/mol. The summed E-state index contributed by atoms with van der Waals surface area (Å²) in [6, 6.07) is 5.61. The first-order chi connectivity index (χ1) is 12.7. The fourth-order valence-electron chi connectivity index (χ4n) is 2.88. The maximum atomic E-state index is 12.5. The Labute approximate surface area is 156 Å². The Hall–Kier alpha value is -2.48. The van der Waals surface area contributed by atoms with Crippen molar-refractivity contribution in [2.24, 2.45) is 5.92 Å². The van der Waals surface area contributed by atoms with Gasteiger partial charge in [0.2, 0.25) is 5.91 Å². The van der Waals surface area contributed by atoms with E-state index in [1.807, 2.05) is 23.6 Å². The number of nitrogens with zero attached hydrogens (tertiary/aromatic N) is 3. The second kappa shape index (κ2) is 8.75. The van der Waals surface area contributed by atoms with E-state index < -0.39 is 0 Å². The molecule has 2 aromatic heterocycles. The standard InChI is InChI=1S/C18H22N4O3S/c1-2-25-17(24)13-6-9-22(10-7-13)16(23)11-14-12-26-18(20-14)21-15-5-3-4-8-19-15/h3-5,8,12-13H,2,6-7,9-11H2,1H3,(H,19,20,21). The third kappa shape index (κ3) is 4.78. The Kier molecular flexibility index (Phi) is 6.17. The molecule has 0 spiro atoms. The van der Waals surface area contributed by atoms with Crippen molar-refractivity contribution in [3.8, 4) is 0 Å². The van der Waals surface area contributed by atoms with Gasteiger partial charge in [-0.2, -0.15) is 0 Å². The Morgan fingerprint density at radius 2 is 2.15 bits per heavy atom. The number of ether oxygens (including phenoxy) is 1. The van der Waals surface area contributed by atoms with Crippen molar-refractivity contribution in [2.45, 2.75) is 26.2 Å². The molecule has 1 saturated heterocycles. The summed E-state index contributed by atoms with van der Waals surface area (Å²) < 4.78 is 5.06. The molecule has 3 rings (SSSR count). The maximum absolute atomic E-state index is 12.5. The molecule has 8 heteroatoms. The van der Waals surface area contributed by atoms with Crippen molar-refractivity contribution in [2.75, 3.05) is 25.0 Å². The molecule has 0 aromatic carbocycles. The highest BCUT2D eigenvalue weighted by atomic mass is 32.1. The Morgan fingerprint density at radius 3 is 2.85 bits per heavy atom. The fraction of sp³-hybridized carbons (Fsp3) is 0.444. The number of nitrogens with one attached hydrogen (secondary N) is 1. The first kappa shape index (κ1) is 18.3. The van der Waals surface area contributed by atoms with E-state index in [-0.39, 0.29) is 24.2 Å². The summed E-state index contributed by atoms with van der Waals surface area (Å²) in [6.07, 6.45) is 3.30. The molecule has 0 atom stereocenters. The molecule has 1 fully saturated rings. The molecule has 1 aliphatic heterocycles. The molecule has 0 unspecified atom stereocenters. The van der Waals surface area contributed by atoms with Crippen molar-refractivity contribution in [3.05, 3.63) is 35.5 Å². The maximum Gasteiger partial charge on any atom is 0.309 e. The lowest BCUT2D eigenvalue weighted by molar-refractivity contribution is -0.151. The van der Waals surface area contributed by atoms with Crippen LogP contribution in [-0.4, -0.2) is 46.4 Å². The Morgan fingerprint density at radius 1 is 1.35 bits per heavy atom. The molecule has 1 N–H and O–H groups in total. The van der Waals surface area contributed by atoms with E-state index in [0.29, 0.717) is 37.7 Å². The van der Waals surface area contributed by atoms with E-state index in [1.54, 1.807) is 18.0 Å². The van der Waals surface area contributed by atoms with Gasteiger partial charge in [-0.15, -0.1) is 11.3 Å². The molecule has 2 aromatic rings. The SMILES string of the molecule is CCOC(=O)C1CCN(C(=O)Cc2csc(Nc3ccccn3)n2)CC1. The fourth-order valence-corrected chi connectivity index (χ4v) is 3.60. The van der Waals surface area contributed by atoms with Gasteiger partial charge in [-0.05, 0) is 31.9 Å². The van der Waals surface area contributed by atoms with Crippen molar-refractivity contribution >= 4 is 34.2 Å². The zero-order valence-corrected chi connectivity index (χ0v) is 15.5. The van der Waals surface area contributed by atoms with Gasteiger partial charge in [0.1, 0.15) is 5.82 Å². The molecule has 0 aliphatic carbocycles. The number of hydrogen-bond acceptors (Lipinski definition) is 7. The van der Waals surface area contributed by atoms with Crippen LogP contribution in [0, 0.1) is 5.92 Å². The van der Waals surface area contributed by atoms with E-state index in [1.165, 1.54) is 11.3 Å². The summed E-state index contributed by atoms with van der Waals surface area (Å²) in [7, 11) is 0. The first-order valence-electron chi connectivity index (χ1n) is 8.72. The van der Waals surface area contributed by atoms with Crippen LogP contribution in [0.1, 0.15) is 25.5 Å². The van der Waals surface area contributed by atoms with Crippen molar-refractivity contribution in [3.63, 3.8) is 0 Å². The molecular formula is C18H22N4O3S. The molecule has 7 nitrogen and oxygen atoms in total. The first-order valence-corrected chi connectivity index (χ1v) is 9.60. The predicted molar refractivity (Wildman–Crippen MR) is 99.3 cm³/mol. The van der Waals surface area contributed by atoms with E-state index >= 15 is 0 Å². The molecular weight excluding hydrogens is 352 g/mol. The molecule has 26 heavy (non-hydrogen) atoms. The van der Waals surface area contributed by atoms with Gasteiger partial charge < -0.3 is 15.0 Å². The summed E-state index contributed by atoms with van der Waals surface area (Å²) in [6.45, 7) is 3.38. The predicted octanol–water partition coefficient (Wildman–Crippen LogP) is 2.63. The van der Waals surface area contributed by atoms with Crippen molar-refractivity contribution in [1.82, 2.24) is 14.9 Å². The highest BCUT2D eigenvalue weighted by Crippen LogP contribution is 2.22. The number of rotatable bonds is 6. The molecule has 3 heterocycles. The van der Waals surface area contributed by atoms with Crippen LogP contribution >= 0.6 is 11.3 Å². The minimum Gasteiger partial charge on any atom is -0.466 e. The number of aromatic nitrogens is 2. The molecule has 0 bridgehead atoms. The van der Waals surface area contributed by atoms with Gasteiger partial charge in [0.25, 0.3) is 0 Å². The number of esters is 1. The van der Waals surface area contributed by atoms with E-state index in [0.717, 1.165) is 11.5 Å². The van der Waals surface area contributed by atoms with Crippen LogP contribution in [-0.2, 0) is 20.7 Å².